The van der Waals surface area contributed by atoms with E-state index < -0.39 is 29.2 Å². The van der Waals surface area contributed by atoms with E-state index in [0.717, 1.165) is 41.8 Å². The summed E-state index contributed by atoms with van der Waals surface area (Å²) in [5.74, 6) is -1.03. The van der Waals surface area contributed by atoms with Gasteiger partial charge < -0.3 is 10.1 Å². The number of thiophene rings is 1. The van der Waals surface area contributed by atoms with Gasteiger partial charge >= 0.3 is 12.1 Å². The van der Waals surface area contributed by atoms with Crippen molar-refractivity contribution in [3.05, 3.63) is 51.4 Å². The molecule has 1 heterocycles. The minimum Gasteiger partial charge on any atom is -0.462 e. The van der Waals surface area contributed by atoms with Gasteiger partial charge in [0.1, 0.15) is 5.00 Å². The lowest BCUT2D eigenvalue weighted by Gasteiger charge is -2.36. The van der Waals surface area contributed by atoms with Crippen LogP contribution in [0.15, 0.2) is 24.3 Å². The fourth-order valence-corrected chi connectivity index (χ4v) is 5.46. The Morgan fingerprint density at radius 3 is 2.50 bits per heavy atom. The molecular formula is C24H28F3NO3S. The third kappa shape index (κ3) is 4.85. The number of ether oxygens (including phenoxy) is 1. The average Bonchev–Trinajstić information content (AvgIpc) is 3.10. The molecule has 32 heavy (non-hydrogen) atoms. The van der Waals surface area contributed by atoms with E-state index >= 15 is 0 Å². The highest BCUT2D eigenvalue weighted by Gasteiger charge is 2.37. The number of halogens is 3. The molecule has 0 saturated carbocycles. The number of hydrogen-bond acceptors (Lipinski definition) is 4. The van der Waals surface area contributed by atoms with Crippen LogP contribution in [0.2, 0.25) is 0 Å². The molecule has 1 aromatic heterocycles. The topological polar surface area (TPSA) is 55.4 Å². The number of anilines is 1. The molecule has 0 unspecified atom stereocenters. The number of rotatable bonds is 6. The van der Waals surface area contributed by atoms with Gasteiger partial charge in [0.05, 0.1) is 23.3 Å². The lowest BCUT2D eigenvalue weighted by Crippen LogP contribution is -2.28. The van der Waals surface area contributed by atoms with Gasteiger partial charge in [-0.3, -0.25) is 4.79 Å². The van der Waals surface area contributed by atoms with Crippen LogP contribution in [-0.2, 0) is 23.8 Å². The van der Waals surface area contributed by atoms with Gasteiger partial charge in [0.25, 0.3) is 5.91 Å². The van der Waals surface area contributed by atoms with Crippen molar-refractivity contribution in [3.8, 4) is 0 Å². The molecule has 1 aliphatic carbocycles. The molecular weight excluding hydrogens is 439 g/mol. The van der Waals surface area contributed by atoms with Gasteiger partial charge in [-0.05, 0) is 55.2 Å². The van der Waals surface area contributed by atoms with E-state index in [1.165, 1.54) is 23.5 Å². The van der Waals surface area contributed by atoms with Crippen LogP contribution in [0.1, 0.15) is 77.3 Å². The summed E-state index contributed by atoms with van der Waals surface area (Å²) < 4.78 is 45.3. The summed E-state index contributed by atoms with van der Waals surface area (Å²) in [7, 11) is 0. The van der Waals surface area contributed by atoms with Crippen molar-refractivity contribution in [1.82, 2.24) is 0 Å². The molecule has 0 spiro atoms. The number of alkyl halides is 3. The molecule has 2 aromatic rings. The van der Waals surface area contributed by atoms with E-state index in [-0.39, 0.29) is 22.6 Å². The summed E-state index contributed by atoms with van der Waals surface area (Å²) in [6.07, 6.45) is -1.31. The zero-order valence-corrected chi connectivity index (χ0v) is 19.5. The van der Waals surface area contributed by atoms with Gasteiger partial charge in [-0.25, -0.2) is 4.79 Å². The van der Waals surface area contributed by atoms with Crippen LogP contribution in [0.25, 0.3) is 0 Å². The Balaban J connectivity index is 1.99. The maximum atomic E-state index is 13.4. The zero-order chi connectivity index (χ0) is 23.7. The molecule has 1 aromatic carbocycles. The number of carbonyl (C=O) groups is 2. The second-order valence-electron chi connectivity index (χ2n) is 8.71. The largest absolute Gasteiger partial charge is 0.462 e. The molecule has 1 amide bonds. The number of esters is 1. The molecule has 1 aliphatic rings. The Kier molecular flexibility index (Phi) is 7.03. The second-order valence-corrected chi connectivity index (χ2v) is 9.81. The first-order valence-electron chi connectivity index (χ1n) is 10.8. The molecule has 0 aliphatic heterocycles. The summed E-state index contributed by atoms with van der Waals surface area (Å²) in [5.41, 5.74) is -0.248. The van der Waals surface area contributed by atoms with E-state index in [1.807, 2.05) is 0 Å². The lowest BCUT2D eigenvalue weighted by atomic mass is 9.69. The predicted molar refractivity (Wildman–Crippen MR) is 119 cm³/mol. The van der Waals surface area contributed by atoms with E-state index in [0.29, 0.717) is 12.3 Å². The number of benzene rings is 1. The maximum absolute atomic E-state index is 13.4. The van der Waals surface area contributed by atoms with Crippen molar-refractivity contribution in [2.45, 2.75) is 59.6 Å². The van der Waals surface area contributed by atoms with Crippen molar-refractivity contribution in [2.75, 3.05) is 11.9 Å². The van der Waals surface area contributed by atoms with Gasteiger partial charge in [0.15, 0.2) is 0 Å². The van der Waals surface area contributed by atoms with Crippen molar-refractivity contribution >= 4 is 28.2 Å². The average molecular weight is 468 g/mol. The number of carbonyl (C=O) groups excluding carboxylic acids is 2. The van der Waals surface area contributed by atoms with Crippen LogP contribution >= 0.6 is 11.3 Å². The number of amides is 1. The minimum atomic E-state index is -4.66. The monoisotopic (exact) mass is 467 g/mol. The highest BCUT2D eigenvalue weighted by molar-refractivity contribution is 7.17. The molecule has 8 heteroatoms. The smallest absolute Gasteiger partial charge is 0.417 e. The summed E-state index contributed by atoms with van der Waals surface area (Å²) >= 11 is 1.27. The van der Waals surface area contributed by atoms with Crippen molar-refractivity contribution in [1.29, 1.82) is 0 Å². The quantitative estimate of drug-likeness (QED) is 0.479. The van der Waals surface area contributed by atoms with Crippen LogP contribution in [0.4, 0.5) is 18.2 Å². The molecule has 0 saturated heterocycles. The fraction of sp³-hybridized carbons (Fsp3) is 0.500. The van der Waals surface area contributed by atoms with Gasteiger partial charge in [-0.15, -0.1) is 11.3 Å². The van der Waals surface area contributed by atoms with Crippen LogP contribution in [-0.4, -0.2) is 18.5 Å². The highest BCUT2D eigenvalue weighted by atomic mass is 32.1. The summed E-state index contributed by atoms with van der Waals surface area (Å²) in [5, 5.41) is 2.84. The molecule has 0 bridgehead atoms. The number of nitrogens with one attached hydrogen (secondary N) is 1. The zero-order valence-electron chi connectivity index (χ0n) is 18.7. The van der Waals surface area contributed by atoms with Crippen LogP contribution in [0, 0.1) is 11.3 Å². The molecule has 0 radical (unpaired) electrons. The van der Waals surface area contributed by atoms with Crippen LogP contribution in [0.3, 0.4) is 0 Å². The van der Waals surface area contributed by atoms with Crippen molar-refractivity contribution in [3.63, 3.8) is 0 Å². The number of fused-ring (bicyclic) bond motifs is 1. The standard InChI is InChI=1S/C24H28F3NO3S/c1-5-23(3,4)14-11-12-16-18(13-14)32-21(19(16)22(30)31-6-2)28-20(29)15-9-7-8-10-17(15)24(25,26)27/h7-10,14H,5-6,11-13H2,1-4H3,(H,28,29)/t14-/m1/s1. The molecule has 1 atom stereocenters. The number of hydrogen-bond donors (Lipinski definition) is 1. The Labute approximate surface area is 190 Å². The Morgan fingerprint density at radius 2 is 1.88 bits per heavy atom. The summed E-state index contributed by atoms with van der Waals surface area (Å²) in [6.45, 7) is 8.45. The van der Waals surface area contributed by atoms with E-state index in [2.05, 4.69) is 26.1 Å². The van der Waals surface area contributed by atoms with Crippen molar-refractivity contribution in [2.24, 2.45) is 11.3 Å². The maximum Gasteiger partial charge on any atom is 0.417 e. The molecule has 174 valence electrons. The SMILES string of the molecule is CCOC(=O)c1c(NC(=O)c2ccccc2C(F)(F)F)sc2c1CC[C@@H](C(C)(C)CC)C2. The normalized spacial score (nSPS) is 16.4. The van der Waals surface area contributed by atoms with Crippen LogP contribution in [0.5, 0.6) is 0 Å². The van der Waals surface area contributed by atoms with E-state index in [4.69, 9.17) is 4.74 Å². The van der Waals surface area contributed by atoms with Crippen molar-refractivity contribution < 1.29 is 27.5 Å². The first-order chi connectivity index (χ1) is 15.0. The van der Waals surface area contributed by atoms with E-state index in [9.17, 15) is 22.8 Å². The first-order valence-corrected chi connectivity index (χ1v) is 11.6. The van der Waals surface area contributed by atoms with Gasteiger partial charge in [-0.2, -0.15) is 13.2 Å². The van der Waals surface area contributed by atoms with Gasteiger partial charge in [0.2, 0.25) is 0 Å². The first kappa shape index (κ1) is 24.3. The Hall–Kier alpha value is -2.35. The Bertz CT molecular complexity index is 1010. The molecule has 1 N–H and O–H groups in total. The van der Waals surface area contributed by atoms with Gasteiger partial charge in [-0.1, -0.05) is 39.3 Å². The predicted octanol–water partition coefficient (Wildman–Crippen LogP) is 6.74. The van der Waals surface area contributed by atoms with Gasteiger partial charge in [0, 0.05) is 4.88 Å². The fourth-order valence-electron chi connectivity index (χ4n) is 4.15. The summed E-state index contributed by atoms with van der Waals surface area (Å²) in [6, 6.07) is 4.63. The second kappa shape index (κ2) is 9.25. The Morgan fingerprint density at radius 1 is 1.19 bits per heavy atom. The third-order valence-corrected chi connectivity index (χ3v) is 7.64. The molecule has 0 fully saturated rings. The molecule has 4 nitrogen and oxygen atoms in total. The minimum absolute atomic E-state index is 0.126. The lowest BCUT2D eigenvalue weighted by molar-refractivity contribution is -0.137. The summed E-state index contributed by atoms with van der Waals surface area (Å²) in [4.78, 5) is 26.6. The third-order valence-electron chi connectivity index (χ3n) is 6.47. The van der Waals surface area contributed by atoms with E-state index in [1.54, 1.807) is 6.92 Å². The van der Waals surface area contributed by atoms with Crippen LogP contribution < -0.4 is 5.32 Å². The highest BCUT2D eigenvalue weighted by Crippen LogP contribution is 2.46. The molecule has 3 rings (SSSR count).